The monoisotopic (exact) mass is 301 g/mol. The van der Waals surface area contributed by atoms with Crippen LogP contribution in [0.5, 0.6) is 5.75 Å². The number of benzene rings is 1. The number of hydrogen-bond acceptors (Lipinski definition) is 3. The van der Waals surface area contributed by atoms with Crippen LogP contribution < -0.4 is 5.32 Å². The van der Waals surface area contributed by atoms with E-state index in [2.05, 4.69) is 5.32 Å². The molecule has 0 bridgehead atoms. The summed E-state index contributed by atoms with van der Waals surface area (Å²) in [5, 5.41) is 12.3. The maximum atomic E-state index is 12.7. The highest BCUT2D eigenvalue weighted by Gasteiger charge is 2.43. The fourth-order valence-corrected chi connectivity index (χ4v) is 2.92. The zero-order valence-corrected chi connectivity index (χ0v) is 12.8. The Balaban J connectivity index is 2.05. The molecule has 0 aromatic heterocycles. The zero-order chi connectivity index (χ0) is 16.0. The summed E-state index contributed by atoms with van der Waals surface area (Å²) in [6.07, 6.45) is 0. The Morgan fingerprint density at radius 2 is 1.86 bits per heavy atom. The van der Waals surface area contributed by atoms with E-state index in [1.165, 1.54) is 4.90 Å². The van der Waals surface area contributed by atoms with Gasteiger partial charge in [0.25, 0.3) is 5.91 Å². The second-order valence-electron chi connectivity index (χ2n) is 5.92. The molecule has 2 heterocycles. The number of phenolic OH excluding ortho intramolecular Hbond substituents is 1. The molecule has 6 nitrogen and oxygen atoms in total. The Hall–Kier alpha value is -2.50. The molecule has 1 atom stereocenters. The van der Waals surface area contributed by atoms with Crippen molar-refractivity contribution in [3.05, 3.63) is 41.1 Å². The molecule has 0 saturated heterocycles. The quantitative estimate of drug-likeness (QED) is 0.871. The summed E-state index contributed by atoms with van der Waals surface area (Å²) in [7, 11) is 1.68. The molecular weight excluding hydrogens is 282 g/mol. The first-order valence-electron chi connectivity index (χ1n) is 7.27. The van der Waals surface area contributed by atoms with Gasteiger partial charge in [-0.2, -0.15) is 0 Å². The fraction of sp³-hybridized carbons (Fsp3) is 0.375. The molecule has 1 aromatic carbocycles. The normalized spacial score (nSPS) is 21.5. The Bertz CT molecular complexity index is 664. The number of urea groups is 1. The number of likely N-dealkylation sites (N-methyl/N-ethyl adjacent to an activating group) is 1. The van der Waals surface area contributed by atoms with Gasteiger partial charge < -0.3 is 15.3 Å². The number of amides is 3. The minimum Gasteiger partial charge on any atom is -0.508 e. The highest BCUT2D eigenvalue weighted by atomic mass is 16.3. The van der Waals surface area contributed by atoms with Crippen molar-refractivity contribution >= 4 is 11.9 Å². The number of hydrogen-bond donors (Lipinski definition) is 2. The Morgan fingerprint density at radius 1 is 1.23 bits per heavy atom. The van der Waals surface area contributed by atoms with E-state index in [0.29, 0.717) is 12.1 Å². The lowest BCUT2D eigenvalue weighted by molar-refractivity contribution is -0.127. The number of phenols is 1. The van der Waals surface area contributed by atoms with Gasteiger partial charge in [-0.3, -0.25) is 9.69 Å². The highest BCUT2D eigenvalue weighted by Crippen LogP contribution is 2.36. The van der Waals surface area contributed by atoms with Crippen LogP contribution in [0.15, 0.2) is 35.5 Å². The van der Waals surface area contributed by atoms with Gasteiger partial charge in [0.05, 0.1) is 23.9 Å². The average molecular weight is 301 g/mol. The van der Waals surface area contributed by atoms with Crippen molar-refractivity contribution < 1.29 is 14.7 Å². The summed E-state index contributed by atoms with van der Waals surface area (Å²) in [6.45, 7) is 4.37. The van der Waals surface area contributed by atoms with Gasteiger partial charge in [-0.05, 0) is 31.5 Å². The lowest BCUT2D eigenvalue weighted by atomic mass is 9.95. The Kier molecular flexibility index (Phi) is 3.31. The van der Waals surface area contributed by atoms with Crippen LogP contribution in [-0.4, -0.2) is 46.5 Å². The Morgan fingerprint density at radius 3 is 2.45 bits per heavy atom. The zero-order valence-electron chi connectivity index (χ0n) is 12.8. The maximum Gasteiger partial charge on any atom is 0.322 e. The molecule has 0 radical (unpaired) electrons. The maximum absolute atomic E-state index is 12.7. The predicted molar refractivity (Wildman–Crippen MR) is 81.0 cm³/mol. The largest absolute Gasteiger partial charge is 0.508 e. The second-order valence-corrected chi connectivity index (χ2v) is 5.92. The van der Waals surface area contributed by atoms with Crippen molar-refractivity contribution in [1.29, 1.82) is 0 Å². The van der Waals surface area contributed by atoms with E-state index in [0.717, 1.165) is 11.3 Å². The molecule has 0 fully saturated rings. The van der Waals surface area contributed by atoms with E-state index in [9.17, 15) is 14.7 Å². The van der Waals surface area contributed by atoms with E-state index < -0.39 is 6.04 Å². The molecule has 0 spiro atoms. The molecule has 2 N–H and O–H groups in total. The summed E-state index contributed by atoms with van der Waals surface area (Å²) >= 11 is 0. The number of rotatable bonds is 2. The van der Waals surface area contributed by atoms with Gasteiger partial charge in [0.15, 0.2) is 0 Å². The third-order valence-corrected chi connectivity index (χ3v) is 4.24. The third kappa shape index (κ3) is 2.11. The van der Waals surface area contributed by atoms with E-state index in [-0.39, 0.29) is 23.7 Å². The summed E-state index contributed by atoms with van der Waals surface area (Å²) in [4.78, 5) is 28.2. The molecule has 2 aliphatic rings. The summed E-state index contributed by atoms with van der Waals surface area (Å²) in [6, 6.07) is 5.93. The minimum absolute atomic E-state index is 0.0464. The summed E-state index contributed by atoms with van der Waals surface area (Å²) in [5.41, 5.74) is 2.15. The van der Waals surface area contributed by atoms with E-state index >= 15 is 0 Å². The van der Waals surface area contributed by atoms with Crippen molar-refractivity contribution in [2.75, 3.05) is 13.6 Å². The van der Waals surface area contributed by atoms with Crippen LogP contribution in [0.2, 0.25) is 0 Å². The van der Waals surface area contributed by atoms with Crippen LogP contribution in [0.25, 0.3) is 0 Å². The van der Waals surface area contributed by atoms with Crippen LogP contribution in [0.3, 0.4) is 0 Å². The molecular formula is C16H19N3O3. The molecule has 2 aliphatic heterocycles. The van der Waals surface area contributed by atoms with Crippen molar-refractivity contribution in [2.45, 2.75) is 25.9 Å². The van der Waals surface area contributed by atoms with Crippen molar-refractivity contribution in [2.24, 2.45) is 0 Å². The van der Waals surface area contributed by atoms with Crippen molar-refractivity contribution in [3.63, 3.8) is 0 Å². The third-order valence-electron chi connectivity index (χ3n) is 4.24. The van der Waals surface area contributed by atoms with Gasteiger partial charge in [-0.25, -0.2) is 4.79 Å². The first-order valence-corrected chi connectivity index (χ1v) is 7.27. The van der Waals surface area contributed by atoms with Crippen molar-refractivity contribution in [1.82, 2.24) is 15.1 Å². The summed E-state index contributed by atoms with van der Waals surface area (Å²) < 4.78 is 0. The van der Waals surface area contributed by atoms with Crippen LogP contribution in [0.4, 0.5) is 4.79 Å². The molecule has 1 aromatic rings. The van der Waals surface area contributed by atoms with Gasteiger partial charge in [0, 0.05) is 13.1 Å². The average Bonchev–Trinajstić information content (AvgIpc) is 2.82. The highest BCUT2D eigenvalue weighted by molar-refractivity contribution is 6.01. The van der Waals surface area contributed by atoms with Crippen molar-refractivity contribution in [3.8, 4) is 5.75 Å². The molecule has 6 heteroatoms. The van der Waals surface area contributed by atoms with E-state index in [4.69, 9.17) is 0 Å². The smallest absolute Gasteiger partial charge is 0.322 e. The number of aromatic hydroxyl groups is 1. The first kappa shape index (κ1) is 14.4. The van der Waals surface area contributed by atoms with Gasteiger partial charge >= 0.3 is 6.03 Å². The minimum atomic E-state index is -0.476. The molecule has 3 rings (SSSR count). The van der Waals surface area contributed by atoms with Gasteiger partial charge in [-0.1, -0.05) is 12.1 Å². The molecule has 0 aliphatic carbocycles. The number of nitrogens with zero attached hydrogens (tertiary/aromatic N) is 2. The van der Waals surface area contributed by atoms with Gasteiger partial charge in [0.2, 0.25) is 0 Å². The lowest BCUT2D eigenvalue weighted by Crippen LogP contribution is -2.45. The summed E-state index contributed by atoms with van der Waals surface area (Å²) in [5.74, 6) is 0.105. The Labute approximate surface area is 129 Å². The van der Waals surface area contributed by atoms with Crippen LogP contribution in [-0.2, 0) is 4.79 Å². The first-order chi connectivity index (χ1) is 10.4. The molecule has 0 unspecified atom stereocenters. The lowest BCUT2D eigenvalue weighted by Gasteiger charge is -2.31. The van der Waals surface area contributed by atoms with Crippen LogP contribution >= 0.6 is 0 Å². The fourth-order valence-electron chi connectivity index (χ4n) is 2.92. The molecule has 116 valence electrons. The second kappa shape index (κ2) is 5.05. The topological polar surface area (TPSA) is 72.9 Å². The predicted octanol–water partition coefficient (Wildman–Crippen LogP) is 1.59. The number of nitrogens with one attached hydrogen (secondary N) is 1. The van der Waals surface area contributed by atoms with E-state index in [1.54, 1.807) is 36.2 Å². The van der Waals surface area contributed by atoms with E-state index in [1.807, 2.05) is 13.8 Å². The molecule has 0 saturated carbocycles. The van der Waals surface area contributed by atoms with Gasteiger partial charge in [0.1, 0.15) is 5.75 Å². The standard InChI is InChI=1S/C16H19N3O3/c1-9(2)19-8-12-13(15(19)21)14(17-16(22)18(12)3)10-4-6-11(20)7-5-10/h4-7,9,14,20H,8H2,1-3H3,(H,17,22)/t14-/m0/s1. The number of carbonyl (C=O) groups is 2. The molecule has 3 amide bonds. The molecule has 22 heavy (non-hydrogen) atoms. The van der Waals surface area contributed by atoms with Crippen LogP contribution in [0.1, 0.15) is 25.5 Å². The number of carbonyl (C=O) groups excluding carboxylic acids is 2. The SMILES string of the molecule is CC(C)N1CC2=C(C1=O)[C@H](c1ccc(O)cc1)NC(=O)N2C. The van der Waals surface area contributed by atoms with Crippen LogP contribution in [0, 0.1) is 0 Å². The van der Waals surface area contributed by atoms with Gasteiger partial charge in [-0.15, -0.1) is 0 Å².